The molecule has 24 heavy (non-hydrogen) atoms. The number of aromatic amines is 1. The number of methoxy groups -OCH3 is 1. The van der Waals surface area contributed by atoms with E-state index in [9.17, 15) is 9.18 Å². The smallest absolute Gasteiger partial charge is 0.247 e. The fourth-order valence-corrected chi connectivity index (χ4v) is 3.60. The van der Waals surface area contributed by atoms with Gasteiger partial charge in [0.2, 0.25) is 5.56 Å². The standard InChI is InChI=1S/C19H23FN2O2/c1-12(17-7-5-15(20)10-18(17)24-2)22-16-6-3-13(9-16)14-4-8-19(23)21-11-14/h4-5,7-8,10-13,16,22H,3,6,9H2,1-2H3,(H,21,23)/t12-,13+,16?/m1/s1. The highest BCUT2D eigenvalue weighted by Gasteiger charge is 2.27. The minimum absolute atomic E-state index is 0.0663. The lowest BCUT2D eigenvalue weighted by Crippen LogP contribution is -2.29. The Morgan fingerprint density at radius 3 is 2.83 bits per heavy atom. The van der Waals surface area contributed by atoms with Crippen molar-refractivity contribution in [3.8, 4) is 5.75 Å². The highest BCUT2D eigenvalue weighted by molar-refractivity contribution is 5.36. The maximum absolute atomic E-state index is 13.3. The molecule has 1 aliphatic carbocycles. The van der Waals surface area contributed by atoms with E-state index >= 15 is 0 Å². The Labute approximate surface area is 141 Å². The van der Waals surface area contributed by atoms with E-state index in [0.717, 1.165) is 24.8 Å². The summed E-state index contributed by atoms with van der Waals surface area (Å²) in [6, 6.07) is 8.64. The SMILES string of the molecule is COc1cc(F)ccc1[C@@H](C)NC1CC[C@H](c2ccc(=O)[nH]c2)C1. The van der Waals surface area contributed by atoms with Gasteiger partial charge in [0, 0.05) is 36.0 Å². The van der Waals surface area contributed by atoms with Crippen LogP contribution >= 0.6 is 0 Å². The number of ether oxygens (including phenoxy) is 1. The maximum atomic E-state index is 13.3. The Kier molecular flexibility index (Phi) is 5.00. The van der Waals surface area contributed by atoms with Crippen molar-refractivity contribution in [2.75, 3.05) is 7.11 Å². The molecule has 2 aromatic rings. The van der Waals surface area contributed by atoms with Crippen molar-refractivity contribution in [2.24, 2.45) is 0 Å². The third kappa shape index (κ3) is 3.67. The molecule has 1 aliphatic rings. The van der Waals surface area contributed by atoms with Crippen LogP contribution in [0.4, 0.5) is 4.39 Å². The Morgan fingerprint density at radius 2 is 2.12 bits per heavy atom. The Hall–Kier alpha value is -2.14. The minimum atomic E-state index is -0.290. The fourth-order valence-electron chi connectivity index (χ4n) is 3.60. The average molecular weight is 330 g/mol. The van der Waals surface area contributed by atoms with Crippen molar-refractivity contribution in [1.29, 1.82) is 0 Å². The molecule has 1 aromatic heterocycles. The Balaban J connectivity index is 1.65. The zero-order valence-electron chi connectivity index (χ0n) is 14.0. The molecule has 0 amide bonds. The molecule has 1 heterocycles. The molecule has 5 heteroatoms. The second kappa shape index (κ2) is 7.18. The minimum Gasteiger partial charge on any atom is -0.496 e. The third-order valence-electron chi connectivity index (χ3n) is 4.86. The summed E-state index contributed by atoms with van der Waals surface area (Å²) in [6.45, 7) is 2.07. The number of rotatable bonds is 5. The first-order valence-corrected chi connectivity index (χ1v) is 8.35. The number of pyridine rings is 1. The van der Waals surface area contributed by atoms with Crippen LogP contribution in [0.3, 0.4) is 0 Å². The predicted octanol–water partition coefficient (Wildman–Crippen LogP) is 3.51. The first-order chi connectivity index (χ1) is 11.6. The second-order valence-corrected chi connectivity index (χ2v) is 6.47. The summed E-state index contributed by atoms with van der Waals surface area (Å²) in [5, 5.41) is 3.63. The predicted molar refractivity (Wildman–Crippen MR) is 91.9 cm³/mol. The molecule has 1 unspecified atom stereocenters. The first-order valence-electron chi connectivity index (χ1n) is 8.35. The molecule has 0 aliphatic heterocycles. The van der Waals surface area contributed by atoms with Crippen LogP contribution in [0.25, 0.3) is 0 Å². The van der Waals surface area contributed by atoms with Gasteiger partial charge in [0.05, 0.1) is 7.11 Å². The van der Waals surface area contributed by atoms with Gasteiger partial charge in [-0.15, -0.1) is 0 Å². The largest absolute Gasteiger partial charge is 0.496 e. The van der Waals surface area contributed by atoms with Gasteiger partial charge in [0.25, 0.3) is 0 Å². The van der Waals surface area contributed by atoms with Crippen LogP contribution in [-0.4, -0.2) is 18.1 Å². The molecule has 1 fully saturated rings. The summed E-state index contributed by atoms with van der Waals surface area (Å²) in [7, 11) is 1.56. The van der Waals surface area contributed by atoms with Gasteiger partial charge in [0.15, 0.2) is 0 Å². The summed E-state index contributed by atoms with van der Waals surface area (Å²) < 4.78 is 18.6. The summed E-state index contributed by atoms with van der Waals surface area (Å²) in [5.41, 5.74) is 2.08. The van der Waals surface area contributed by atoms with Crippen molar-refractivity contribution in [3.05, 3.63) is 63.8 Å². The number of hydrogen-bond donors (Lipinski definition) is 2. The van der Waals surface area contributed by atoms with E-state index in [0.29, 0.717) is 17.7 Å². The van der Waals surface area contributed by atoms with Gasteiger partial charge < -0.3 is 15.0 Å². The topological polar surface area (TPSA) is 54.1 Å². The molecule has 4 nitrogen and oxygen atoms in total. The van der Waals surface area contributed by atoms with E-state index in [1.54, 1.807) is 19.2 Å². The quantitative estimate of drug-likeness (QED) is 0.882. The number of hydrogen-bond acceptors (Lipinski definition) is 3. The van der Waals surface area contributed by atoms with Crippen molar-refractivity contribution in [3.63, 3.8) is 0 Å². The third-order valence-corrected chi connectivity index (χ3v) is 4.86. The van der Waals surface area contributed by atoms with Crippen LogP contribution in [-0.2, 0) is 0 Å². The number of benzene rings is 1. The van der Waals surface area contributed by atoms with E-state index in [2.05, 4.69) is 17.2 Å². The summed E-state index contributed by atoms with van der Waals surface area (Å²) in [6.07, 6.45) is 5.02. The van der Waals surface area contributed by atoms with E-state index in [4.69, 9.17) is 4.74 Å². The lowest BCUT2D eigenvalue weighted by atomic mass is 9.99. The highest BCUT2D eigenvalue weighted by atomic mass is 19.1. The van der Waals surface area contributed by atoms with E-state index in [1.807, 2.05) is 12.3 Å². The van der Waals surface area contributed by atoms with Crippen LogP contribution in [0.2, 0.25) is 0 Å². The van der Waals surface area contributed by atoms with E-state index < -0.39 is 0 Å². The molecule has 2 N–H and O–H groups in total. The number of H-pyrrole nitrogens is 1. The Morgan fingerprint density at radius 1 is 1.29 bits per heavy atom. The van der Waals surface area contributed by atoms with Crippen LogP contribution < -0.4 is 15.6 Å². The highest BCUT2D eigenvalue weighted by Crippen LogP contribution is 2.35. The number of nitrogens with one attached hydrogen (secondary N) is 2. The normalized spacial score (nSPS) is 21.6. The molecule has 128 valence electrons. The molecule has 0 spiro atoms. The Bertz CT molecular complexity index is 739. The molecular formula is C19H23FN2O2. The first kappa shape index (κ1) is 16.7. The summed E-state index contributed by atoms with van der Waals surface area (Å²) in [4.78, 5) is 13.9. The van der Waals surface area contributed by atoms with Crippen LogP contribution in [0.1, 0.15) is 49.3 Å². The number of halogens is 1. The molecule has 1 saturated carbocycles. The molecule has 0 bridgehead atoms. The lowest BCUT2D eigenvalue weighted by Gasteiger charge is -2.22. The van der Waals surface area contributed by atoms with Gasteiger partial charge >= 0.3 is 0 Å². The van der Waals surface area contributed by atoms with Crippen molar-refractivity contribution in [2.45, 2.75) is 44.2 Å². The average Bonchev–Trinajstić information content (AvgIpc) is 3.03. The maximum Gasteiger partial charge on any atom is 0.247 e. The second-order valence-electron chi connectivity index (χ2n) is 6.47. The molecule has 3 atom stereocenters. The van der Waals surface area contributed by atoms with Crippen LogP contribution in [0.15, 0.2) is 41.3 Å². The molecule has 3 rings (SSSR count). The summed E-state index contributed by atoms with van der Waals surface area (Å²) in [5.74, 6) is 0.744. The molecule has 1 aromatic carbocycles. The van der Waals surface area contributed by atoms with Crippen molar-refractivity contribution in [1.82, 2.24) is 10.3 Å². The van der Waals surface area contributed by atoms with Gasteiger partial charge in [-0.3, -0.25) is 4.79 Å². The van der Waals surface area contributed by atoms with E-state index in [-0.39, 0.29) is 17.4 Å². The summed E-state index contributed by atoms with van der Waals surface area (Å²) >= 11 is 0. The van der Waals surface area contributed by atoms with Gasteiger partial charge in [-0.2, -0.15) is 0 Å². The van der Waals surface area contributed by atoms with Crippen molar-refractivity contribution < 1.29 is 9.13 Å². The molecule has 0 radical (unpaired) electrons. The zero-order chi connectivity index (χ0) is 17.1. The van der Waals surface area contributed by atoms with Gasteiger partial charge in [-0.05, 0) is 43.7 Å². The lowest BCUT2D eigenvalue weighted by molar-refractivity contribution is 0.389. The van der Waals surface area contributed by atoms with Crippen molar-refractivity contribution >= 4 is 0 Å². The molecular weight excluding hydrogens is 307 g/mol. The van der Waals surface area contributed by atoms with Crippen LogP contribution in [0, 0.1) is 5.82 Å². The van der Waals surface area contributed by atoms with Crippen LogP contribution in [0.5, 0.6) is 5.75 Å². The van der Waals surface area contributed by atoms with Gasteiger partial charge in [-0.25, -0.2) is 4.39 Å². The number of aromatic nitrogens is 1. The van der Waals surface area contributed by atoms with Gasteiger partial charge in [0.1, 0.15) is 11.6 Å². The van der Waals surface area contributed by atoms with Gasteiger partial charge in [-0.1, -0.05) is 12.1 Å². The fraction of sp³-hybridized carbons (Fsp3) is 0.421. The molecule has 0 saturated heterocycles. The zero-order valence-corrected chi connectivity index (χ0v) is 14.0. The monoisotopic (exact) mass is 330 g/mol. The van der Waals surface area contributed by atoms with E-state index in [1.165, 1.54) is 17.7 Å².